The lowest BCUT2D eigenvalue weighted by Gasteiger charge is -2.30. The third-order valence-corrected chi connectivity index (χ3v) is 4.70. The van der Waals surface area contributed by atoms with Crippen LogP contribution in [0.4, 0.5) is 0 Å². The number of oxime groups is 1. The van der Waals surface area contributed by atoms with Gasteiger partial charge in [-0.1, -0.05) is 46.2 Å². The van der Waals surface area contributed by atoms with E-state index in [1.54, 1.807) is 0 Å². The Morgan fingerprint density at radius 2 is 1.94 bits per heavy atom. The van der Waals surface area contributed by atoms with E-state index in [4.69, 9.17) is 4.84 Å². The highest BCUT2D eigenvalue weighted by molar-refractivity contribution is 5.98. The van der Waals surface area contributed by atoms with Gasteiger partial charge in [0.15, 0.2) is 0 Å². The zero-order valence-electron chi connectivity index (χ0n) is 11.7. The van der Waals surface area contributed by atoms with Crippen LogP contribution in [0.15, 0.2) is 5.16 Å². The second-order valence-corrected chi connectivity index (χ2v) is 6.65. The van der Waals surface area contributed by atoms with E-state index >= 15 is 0 Å². The van der Waals surface area contributed by atoms with Crippen LogP contribution in [-0.2, 0) is 4.84 Å². The molecule has 0 bridgehead atoms. The molecule has 0 amide bonds. The first-order valence-corrected chi connectivity index (χ1v) is 6.73. The van der Waals surface area contributed by atoms with Gasteiger partial charge in [0.25, 0.3) is 0 Å². The molecule has 2 rings (SSSR count). The van der Waals surface area contributed by atoms with Crippen LogP contribution in [0.2, 0.25) is 0 Å². The topological polar surface area (TPSA) is 41.8 Å². The Kier molecular flexibility index (Phi) is 3.01. The summed E-state index contributed by atoms with van der Waals surface area (Å²) in [6, 6.07) is 0. The molecular weight excluding hydrogens is 214 g/mol. The van der Waals surface area contributed by atoms with Gasteiger partial charge in [-0.25, -0.2) is 0 Å². The normalized spacial score (nSPS) is 39.2. The molecule has 0 aromatic rings. The zero-order valence-corrected chi connectivity index (χ0v) is 11.7. The predicted molar refractivity (Wildman–Crippen MR) is 68.8 cm³/mol. The van der Waals surface area contributed by atoms with Crippen molar-refractivity contribution in [3.63, 3.8) is 0 Å². The summed E-state index contributed by atoms with van der Waals surface area (Å²) in [5.41, 5.74) is 1.04. The second-order valence-electron chi connectivity index (χ2n) is 6.65. The van der Waals surface area contributed by atoms with Gasteiger partial charge in [-0.3, -0.25) is 0 Å². The van der Waals surface area contributed by atoms with Crippen molar-refractivity contribution in [3.05, 3.63) is 0 Å². The predicted octanol–water partition coefficient (Wildman–Crippen LogP) is 2.83. The molecule has 2 aliphatic carbocycles. The molecule has 2 aliphatic rings. The highest BCUT2D eigenvalue weighted by Gasteiger charge is 2.73. The Hall–Kier alpha value is -0.570. The minimum absolute atomic E-state index is 0.196. The van der Waals surface area contributed by atoms with Crippen molar-refractivity contribution in [2.45, 2.75) is 53.6 Å². The first kappa shape index (κ1) is 12.9. The number of nitrogens with zero attached hydrogens (tertiary/aromatic N) is 1. The van der Waals surface area contributed by atoms with Gasteiger partial charge in [-0.15, -0.1) is 0 Å². The maximum atomic E-state index is 10.3. The molecule has 17 heavy (non-hydrogen) atoms. The van der Waals surface area contributed by atoms with E-state index in [0.717, 1.165) is 18.6 Å². The molecule has 0 heterocycles. The fourth-order valence-electron chi connectivity index (χ4n) is 3.29. The summed E-state index contributed by atoms with van der Waals surface area (Å²) in [6.07, 6.45) is 1.88. The van der Waals surface area contributed by atoms with Gasteiger partial charge in [-0.2, -0.15) is 0 Å². The fourth-order valence-corrected chi connectivity index (χ4v) is 3.29. The molecule has 1 N–H and O–H groups in total. The molecule has 0 radical (unpaired) electrons. The Labute approximate surface area is 104 Å². The molecule has 3 atom stereocenters. The Morgan fingerprint density at radius 1 is 1.29 bits per heavy atom. The molecule has 0 spiro atoms. The van der Waals surface area contributed by atoms with Crippen molar-refractivity contribution < 1.29 is 9.94 Å². The minimum atomic E-state index is -0.281. The summed E-state index contributed by atoms with van der Waals surface area (Å²) in [5.74, 6) is 0.778. The van der Waals surface area contributed by atoms with Crippen LogP contribution in [0.25, 0.3) is 0 Å². The monoisotopic (exact) mass is 239 g/mol. The maximum Gasteiger partial charge on any atom is 0.117 e. The van der Waals surface area contributed by atoms with Crippen LogP contribution in [0.3, 0.4) is 0 Å². The van der Waals surface area contributed by atoms with Gasteiger partial charge < -0.3 is 9.94 Å². The number of rotatable bonds is 4. The molecule has 0 saturated heterocycles. The number of unbranched alkanes of at least 4 members (excludes halogenated alkanes) is 1. The van der Waals surface area contributed by atoms with E-state index in [0.29, 0.717) is 18.4 Å². The van der Waals surface area contributed by atoms with Crippen molar-refractivity contribution in [2.75, 3.05) is 6.61 Å². The molecule has 98 valence electrons. The summed E-state index contributed by atoms with van der Waals surface area (Å²) < 4.78 is 0. The van der Waals surface area contributed by atoms with Gasteiger partial charge in [0.1, 0.15) is 6.61 Å². The lowest BCUT2D eigenvalue weighted by molar-refractivity contribution is 0.0657. The minimum Gasteiger partial charge on any atom is -0.396 e. The van der Waals surface area contributed by atoms with Crippen LogP contribution in [-0.4, -0.2) is 23.5 Å². The first-order chi connectivity index (χ1) is 7.85. The van der Waals surface area contributed by atoms with Crippen LogP contribution in [0.1, 0.15) is 47.5 Å². The molecule has 0 aliphatic heterocycles. The lowest BCUT2D eigenvalue weighted by Crippen LogP contribution is -2.37. The van der Waals surface area contributed by atoms with E-state index in [9.17, 15) is 5.11 Å². The van der Waals surface area contributed by atoms with Crippen molar-refractivity contribution in [1.29, 1.82) is 0 Å². The van der Waals surface area contributed by atoms with Gasteiger partial charge in [0.05, 0.1) is 11.8 Å². The van der Waals surface area contributed by atoms with Gasteiger partial charge in [0, 0.05) is 17.3 Å². The molecule has 3 heteroatoms. The molecular formula is C14H25NO2. The Bertz CT molecular complexity index is 333. The van der Waals surface area contributed by atoms with Crippen molar-refractivity contribution in [1.82, 2.24) is 0 Å². The van der Waals surface area contributed by atoms with Gasteiger partial charge in [0.2, 0.25) is 0 Å². The first-order valence-electron chi connectivity index (χ1n) is 6.73. The molecule has 0 unspecified atom stereocenters. The van der Waals surface area contributed by atoms with Crippen molar-refractivity contribution in [3.8, 4) is 0 Å². The highest BCUT2D eigenvalue weighted by atomic mass is 16.6. The van der Waals surface area contributed by atoms with E-state index in [1.165, 1.54) is 0 Å². The standard InChI is InChI=1S/C14H25NO2/c1-6-7-8-17-15-11-9-10(13(9,2)3)12(16)14(11,4)5/h9-10,12,16H,6-8H2,1-5H3/b15-11-/t9-,10+,12+/m0/s1. The lowest BCUT2D eigenvalue weighted by atomic mass is 9.78. The number of hydrogen-bond donors (Lipinski definition) is 1. The number of fused-ring (bicyclic) bond motifs is 1. The molecule has 3 nitrogen and oxygen atoms in total. The number of hydrogen-bond acceptors (Lipinski definition) is 3. The average Bonchev–Trinajstić information content (AvgIpc) is 2.71. The fraction of sp³-hybridized carbons (Fsp3) is 0.929. The zero-order chi connectivity index (χ0) is 12.8. The molecule has 2 fully saturated rings. The van der Waals surface area contributed by atoms with E-state index in [2.05, 4.69) is 39.8 Å². The van der Waals surface area contributed by atoms with Crippen LogP contribution < -0.4 is 0 Å². The summed E-state index contributed by atoms with van der Waals surface area (Å²) in [7, 11) is 0. The quantitative estimate of drug-likeness (QED) is 0.605. The van der Waals surface area contributed by atoms with Gasteiger partial charge in [-0.05, 0) is 11.8 Å². The summed E-state index contributed by atoms with van der Waals surface area (Å²) in [5, 5.41) is 14.7. The second kappa shape index (κ2) is 3.98. The highest BCUT2D eigenvalue weighted by Crippen LogP contribution is 2.69. The van der Waals surface area contributed by atoms with E-state index < -0.39 is 0 Å². The summed E-state index contributed by atoms with van der Waals surface area (Å²) in [6.45, 7) is 11.4. The van der Waals surface area contributed by atoms with Crippen molar-refractivity contribution in [2.24, 2.45) is 27.8 Å². The van der Waals surface area contributed by atoms with Crippen LogP contribution in [0, 0.1) is 22.7 Å². The Morgan fingerprint density at radius 3 is 2.47 bits per heavy atom. The van der Waals surface area contributed by atoms with E-state index in [1.807, 2.05) is 0 Å². The summed E-state index contributed by atoms with van der Waals surface area (Å²) in [4.78, 5) is 5.41. The number of aliphatic hydroxyl groups is 1. The largest absolute Gasteiger partial charge is 0.396 e. The van der Waals surface area contributed by atoms with Crippen LogP contribution in [0.5, 0.6) is 0 Å². The molecule has 2 saturated carbocycles. The van der Waals surface area contributed by atoms with Crippen LogP contribution >= 0.6 is 0 Å². The number of aliphatic hydroxyl groups excluding tert-OH is 1. The molecule has 0 aromatic heterocycles. The Balaban J connectivity index is 2.09. The SMILES string of the molecule is CCCCO/N=C1/[C@@H]2[C@H]([C@@H](O)C1(C)C)C2(C)C. The maximum absolute atomic E-state index is 10.3. The third-order valence-electron chi connectivity index (χ3n) is 4.70. The van der Waals surface area contributed by atoms with Crippen molar-refractivity contribution >= 4 is 5.71 Å². The van der Waals surface area contributed by atoms with Gasteiger partial charge >= 0.3 is 0 Å². The summed E-state index contributed by atoms with van der Waals surface area (Å²) >= 11 is 0. The average molecular weight is 239 g/mol. The van der Waals surface area contributed by atoms with E-state index in [-0.39, 0.29) is 16.9 Å². The third kappa shape index (κ3) is 1.79. The molecule has 0 aromatic carbocycles. The smallest absolute Gasteiger partial charge is 0.117 e.